The van der Waals surface area contributed by atoms with Gasteiger partial charge in [-0.25, -0.2) is 4.79 Å². The molecule has 25 heavy (non-hydrogen) atoms. The molecule has 7 nitrogen and oxygen atoms in total. The van der Waals surface area contributed by atoms with Crippen LogP contribution in [-0.2, 0) is 4.74 Å². The third-order valence-corrected chi connectivity index (χ3v) is 4.20. The van der Waals surface area contributed by atoms with Gasteiger partial charge in [-0.15, -0.1) is 10.2 Å². The summed E-state index contributed by atoms with van der Waals surface area (Å²) in [5.74, 6) is 0.159. The fraction of sp³-hybridized carbons (Fsp3) is 0.647. The Hall–Kier alpha value is -1.89. The number of carbonyl (C=O) groups is 2. The summed E-state index contributed by atoms with van der Waals surface area (Å²) in [7, 11) is 1.75. The number of amides is 2. The molecule has 0 atom stereocenters. The van der Waals surface area contributed by atoms with Gasteiger partial charge in [-0.2, -0.15) is 0 Å². The Kier molecular flexibility index (Phi) is 6.21. The van der Waals surface area contributed by atoms with Gasteiger partial charge in [0.1, 0.15) is 5.60 Å². The summed E-state index contributed by atoms with van der Waals surface area (Å²) in [5, 5.41) is 7.77. The van der Waals surface area contributed by atoms with Crippen molar-refractivity contribution in [2.75, 3.05) is 26.7 Å². The Bertz CT molecular complexity index is 607. The number of carbonyl (C=O) groups excluding carboxylic acids is 2. The molecule has 0 saturated carbocycles. The van der Waals surface area contributed by atoms with Crippen molar-refractivity contribution >= 4 is 23.6 Å². The van der Waals surface area contributed by atoms with Crippen molar-refractivity contribution < 1.29 is 14.3 Å². The Balaban J connectivity index is 1.82. The Morgan fingerprint density at radius 1 is 1.28 bits per heavy atom. The van der Waals surface area contributed by atoms with Crippen LogP contribution in [0.3, 0.4) is 0 Å². The van der Waals surface area contributed by atoms with E-state index >= 15 is 0 Å². The monoisotopic (exact) mass is 368 g/mol. The van der Waals surface area contributed by atoms with Gasteiger partial charge in [-0.1, -0.05) is 11.6 Å². The number of ether oxygens (including phenoxy) is 1. The largest absolute Gasteiger partial charge is 0.444 e. The maximum atomic E-state index is 12.4. The molecule has 2 heterocycles. The van der Waals surface area contributed by atoms with Gasteiger partial charge in [0.05, 0.1) is 0 Å². The lowest BCUT2D eigenvalue weighted by molar-refractivity contribution is 0.0170. The van der Waals surface area contributed by atoms with E-state index in [9.17, 15) is 9.59 Å². The van der Waals surface area contributed by atoms with Crippen molar-refractivity contribution in [2.45, 2.75) is 39.2 Å². The molecule has 0 N–H and O–H groups in total. The lowest BCUT2D eigenvalue weighted by Crippen LogP contribution is -2.44. The highest BCUT2D eigenvalue weighted by atomic mass is 35.5. The highest BCUT2D eigenvalue weighted by Crippen LogP contribution is 2.21. The summed E-state index contributed by atoms with van der Waals surface area (Å²) in [6, 6.07) is 3.12. The molecular formula is C17H25ClN4O3. The lowest BCUT2D eigenvalue weighted by atomic mass is 9.96. The summed E-state index contributed by atoms with van der Waals surface area (Å²) in [5.41, 5.74) is -0.210. The van der Waals surface area contributed by atoms with E-state index in [-0.39, 0.29) is 22.8 Å². The van der Waals surface area contributed by atoms with Gasteiger partial charge in [0.2, 0.25) is 0 Å². The molecule has 0 radical (unpaired) electrons. The zero-order valence-corrected chi connectivity index (χ0v) is 15.9. The van der Waals surface area contributed by atoms with Crippen LogP contribution >= 0.6 is 11.6 Å². The summed E-state index contributed by atoms with van der Waals surface area (Å²) in [4.78, 5) is 27.8. The Labute approximate surface area is 153 Å². The Morgan fingerprint density at radius 2 is 1.92 bits per heavy atom. The summed E-state index contributed by atoms with van der Waals surface area (Å²) < 4.78 is 5.40. The molecule has 138 valence electrons. The van der Waals surface area contributed by atoms with Gasteiger partial charge in [0, 0.05) is 26.7 Å². The highest BCUT2D eigenvalue weighted by molar-refractivity contribution is 6.29. The van der Waals surface area contributed by atoms with E-state index in [1.807, 2.05) is 20.8 Å². The molecule has 0 unspecified atom stereocenters. The maximum Gasteiger partial charge on any atom is 0.410 e. The van der Waals surface area contributed by atoms with Crippen LogP contribution in [0.15, 0.2) is 12.1 Å². The van der Waals surface area contributed by atoms with Crippen LogP contribution in [0, 0.1) is 5.92 Å². The van der Waals surface area contributed by atoms with E-state index in [1.54, 1.807) is 29.0 Å². The van der Waals surface area contributed by atoms with Gasteiger partial charge >= 0.3 is 6.09 Å². The summed E-state index contributed by atoms with van der Waals surface area (Å²) in [6.45, 7) is 7.48. The number of nitrogens with zero attached hydrogens (tertiary/aromatic N) is 4. The van der Waals surface area contributed by atoms with Crippen molar-refractivity contribution in [3.05, 3.63) is 23.0 Å². The smallest absolute Gasteiger partial charge is 0.410 e. The van der Waals surface area contributed by atoms with Gasteiger partial charge in [-0.3, -0.25) is 4.79 Å². The number of hydrogen-bond donors (Lipinski definition) is 0. The molecule has 1 aliphatic rings. The Morgan fingerprint density at radius 3 is 2.44 bits per heavy atom. The van der Waals surface area contributed by atoms with Crippen molar-refractivity contribution in [3.63, 3.8) is 0 Å². The molecule has 0 aliphatic carbocycles. The zero-order chi connectivity index (χ0) is 18.6. The molecule has 1 aromatic heterocycles. The topological polar surface area (TPSA) is 75.6 Å². The zero-order valence-electron chi connectivity index (χ0n) is 15.2. The molecule has 1 fully saturated rings. The van der Waals surface area contributed by atoms with Crippen LogP contribution in [0.1, 0.15) is 44.1 Å². The van der Waals surface area contributed by atoms with E-state index in [2.05, 4.69) is 10.2 Å². The van der Waals surface area contributed by atoms with E-state index in [0.717, 1.165) is 12.8 Å². The highest BCUT2D eigenvalue weighted by Gasteiger charge is 2.28. The molecule has 1 aromatic rings. The van der Waals surface area contributed by atoms with E-state index in [1.165, 1.54) is 0 Å². The van der Waals surface area contributed by atoms with Gasteiger partial charge in [0.15, 0.2) is 10.8 Å². The van der Waals surface area contributed by atoms with Gasteiger partial charge < -0.3 is 14.5 Å². The first-order valence-corrected chi connectivity index (χ1v) is 8.76. The molecule has 1 saturated heterocycles. The van der Waals surface area contributed by atoms with Crippen LogP contribution in [0.25, 0.3) is 0 Å². The predicted molar refractivity (Wildman–Crippen MR) is 94.5 cm³/mol. The normalized spacial score (nSPS) is 15.8. The average molecular weight is 369 g/mol. The number of piperidine rings is 1. The standard InChI is InChI=1S/C17H25ClN4O3/c1-17(2,3)25-16(24)22-9-7-12(8-10-22)11-21(4)15(23)13-5-6-14(18)20-19-13/h5-6,12H,7-11H2,1-4H3. The molecule has 0 aromatic carbocycles. The average Bonchev–Trinajstić information content (AvgIpc) is 2.54. The van der Waals surface area contributed by atoms with Gasteiger partial charge in [0.25, 0.3) is 5.91 Å². The molecule has 8 heteroatoms. The first-order valence-electron chi connectivity index (χ1n) is 8.38. The fourth-order valence-corrected chi connectivity index (χ4v) is 2.82. The first-order chi connectivity index (χ1) is 11.7. The minimum atomic E-state index is -0.486. The fourth-order valence-electron chi connectivity index (χ4n) is 2.72. The van der Waals surface area contributed by atoms with Crippen LogP contribution in [-0.4, -0.2) is 64.3 Å². The second kappa shape index (κ2) is 7.99. The SMILES string of the molecule is CN(CC1CCN(C(=O)OC(C)(C)C)CC1)C(=O)c1ccc(Cl)nn1. The molecule has 0 spiro atoms. The predicted octanol–water partition coefficient (Wildman–Crippen LogP) is 2.85. The minimum absolute atomic E-state index is 0.182. The molecule has 2 rings (SSSR count). The number of hydrogen-bond acceptors (Lipinski definition) is 5. The van der Waals surface area contributed by atoms with Crippen molar-refractivity contribution in [1.29, 1.82) is 0 Å². The minimum Gasteiger partial charge on any atom is -0.444 e. The molecule has 0 bridgehead atoms. The molecular weight excluding hydrogens is 344 g/mol. The van der Waals surface area contributed by atoms with Crippen molar-refractivity contribution in [1.82, 2.24) is 20.0 Å². The second-order valence-corrected chi connectivity index (χ2v) is 7.72. The summed E-state index contributed by atoms with van der Waals surface area (Å²) >= 11 is 5.69. The first kappa shape index (κ1) is 19.4. The van der Waals surface area contributed by atoms with Crippen molar-refractivity contribution in [2.24, 2.45) is 5.92 Å². The van der Waals surface area contributed by atoms with E-state index < -0.39 is 5.60 Å². The number of likely N-dealkylation sites (tertiary alicyclic amines) is 1. The van der Waals surface area contributed by atoms with Crippen LogP contribution < -0.4 is 0 Å². The van der Waals surface area contributed by atoms with Crippen LogP contribution in [0.5, 0.6) is 0 Å². The number of rotatable bonds is 3. The maximum absolute atomic E-state index is 12.4. The van der Waals surface area contributed by atoms with Crippen LogP contribution in [0.4, 0.5) is 4.79 Å². The quantitative estimate of drug-likeness (QED) is 0.820. The van der Waals surface area contributed by atoms with Crippen molar-refractivity contribution in [3.8, 4) is 0 Å². The number of halogens is 1. The lowest BCUT2D eigenvalue weighted by Gasteiger charge is -2.34. The molecule has 1 aliphatic heterocycles. The van der Waals surface area contributed by atoms with E-state index in [0.29, 0.717) is 25.6 Å². The van der Waals surface area contributed by atoms with Gasteiger partial charge in [-0.05, 0) is 51.7 Å². The second-order valence-electron chi connectivity index (χ2n) is 7.34. The number of aromatic nitrogens is 2. The van der Waals surface area contributed by atoms with Crippen LogP contribution in [0.2, 0.25) is 5.15 Å². The third-order valence-electron chi connectivity index (χ3n) is 4.00. The molecule has 2 amide bonds. The summed E-state index contributed by atoms with van der Waals surface area (Å²) in [6.07, 6.45) is 1.40. The third kappa shape index (κ3) is 5.85. The van der Waals surface area contributed by atoms with E-state index in [4.69, 9.17) is 16.3 Å².